The van der Waals surface area contributed by atoms with E-state index in [9.17, 15) is 4.79 Å². The summed E-state index contributed by atoms with van der Waals surface area (Å²) in [5, 5.41) is 9.09. The highest BCUT2D eigenvalue weighted by Gasteiger charge is 2.31. The van der Waals surface area contributed by atoms with E-state index in [1.54, 1.807) is 11.8 Å². The van der Waals surface area contributed by atoms with Crippen LogP contribution in [0.1, 0.15) is 12.8 Å². The Balaban J connectivity index is 1.89. The minimum atomic E-state index is -0.694. The smallest absolute Gasteiger partial charge is 0.321 e. The van der Waals surface area contributed by atoms with Crippen LogP contribution in [-0.4, -0.2) is 59.3 Å². The molecule has 0 aromatic rings. The average Bonchev–Trinajstić information content (AvgIpc) is 2.71. The van der Waals surface area contributed by atoms with Gasteiger partial charge in [-0.05, 0) is 12.8 Å². The molecule has 1 N–H and O–H groups in total. The van der Waals surface area contributed by atoms with Gasteiger partial charge in [0.25, 0.3) is 0 Å². The van der Waals surface area contributed by atoms with Gasteiger partial charge in [0, 0.05) is 31.2 Å². The van der Waals surface area contributed by atoms with Crippen molar-refractivity contribution in [2.24, 2.45) is 0 Å². The lowest BCUT2D eigenvalue weighted by molar-refractivity contribution is -0.143. The first-order chi connectivity index (χ1) is 7.27. The maximum atomic E-state index is 11.0. The molecule has 0 radical (unpaired) electrons. The molecule has 0 aromatic heterocycles. The maximum Gasteiger partial charge on any atom is 0.321 e. The second-order valence-electron chi connectivity index (χ2n) is 4.06. The lowest BCUT2D eigenvalue weighted by Crippen LogP contribution is -2.49. The molecule has 86 valence electrons. The van der Waals surface area contributed by atoms with Crippen molar-refractivity contribution in [1.82, 2.24) is 4.90 Å². The van der Waals surface area contributed by atoms with Gasteiger partial charge in [0.15, 0.2) is 0 Å². The molecule has 0 saturated carbocycles. The zero-order valence-electron chi connectivity index (χ0n) is 8.72. The van der Waals surface area contributed by atoms with Crippen LogP contribution < -0.4 is 0 Å². The van der Waals surface area contributed by atoms with Gasteiger partial charge in [0.1, 0.15) is 6.04 Å². The number of carbonyl (C=O) groups is 1. The van der Waals surface area contributed by atoms with E-state index in [1.807, 2.05) is 0 Å². The Morgan fingerprint density at radius 2 is 2.47 bits per heavy atom. The summed E-state index contributed by atoms with van der Waals surface area (Å²) in [5.74, 6) is 1.05. The highest BCUT2D eigenvalue weighted by molar-refractivity contribution is 7.99. The Hall–Kier alpha value is -0.260. The lowest BCUT2D eigenvalue weighted by atomic mass is 10.2. The lowest BCUT2D eigenvalue weighted by Gasteiger charge is -2.33. The fourth-order valence-electron chi connectivity index (χ4n) is 2.13. The van der Waals surface area contributed by atoms with Crippen LogP contribution in [-0.2, 0) is 9.53 Å². The molecule has 5 heteroatoms. The van der Waals surface area contributed by atoms with Gasteiger partial charge in [-0.25, -0.2) is 0 Å². The molecule has 2 aliphatic heterocycles. The fraction of sp³-hybridized carbons (Fsp3) is 0.900. The summed E-state index contributed by atoms with van der Waals surface area (Å²) in [5.41, 5.74) is 0. The molecule has 2 atom stereocenters. The van der Waals surface area contributed by atoms with Crippen molar-refractivity contribution in [3.63, 3.8) is 0 Å². The van der Waals surface area contributed by atoms with Crippen LogP contribution in [0, 0.1) is 0 Å². The molecule has 0 spiro atoms. The van der Waals surface area contributed by atoms with E-state index < -0.39 is 5.97 Å². The van der Waals surface area contributed by atoms with E-state index in [4.69, 9.17) is 9.84 Å². The van der Waals surface area contributed by atoms with Crippen LogP contribution in [0.2, 0.25) is 0 Å². The minimum Gasteiger partial charge on any atom is -0.480 e. The monoisotopic (exact) mass is 231 g/mol. The number of thioether (sulfide) groups is 1. The van der Waals surface area contributed by atoms with Gasteiger partial charge in [-0.2, -0.15) is 11.8 Å². The van der Waals surface area contributed by atoms with Gasteiger partial charge < -0.3 is 9.84 Å². The SMILES string of the molecule is O=C(O)C1CSCCN1CC1CCCO1. The van der Waals surface area contributed by atoms with Crippen molar-refractivity contribution in [3.8, 4) is 0 Å². The predicted octanol–water partition coefficient (Wildman–Crippen LogP) is 0.667. The number of hydrogen-bond acceptors (Lipinski definition) is 4. The maximum absolute atomic E-state index is 11.0. The van der Waals surface area contributed by atoms with Gasteiger partial charge in [0.2, 0.25) is 0 Å². The first kappa shape index (κ1) is 11.2. The molecule has 2 heterocycles. The van der Waals surface area contributed by atoms with E-state index >= 15 is 0 Å². The third kappa shape index (κ3) is 2.86. The third-order valence-electron chi connectivity index (χ3n) is 2.99. The summed E-state index contributed by atoms with van der Waals surface area (Å²) < 4.78 is 5.54. The predicted molar refractivity (Wildman–Crippen MR) is 59.3 cm³/mol. The van der Waals surface area contributed by atoms with Crippen molar-refractivity contribution in [3.05, 3.63) is 0 Å². The average molecular weight is 231 g/mol. The molecule has 2 fully saturated rings. The summed E-state index contributed by atoms with van der Waals surface area (Å²) >= 11 is 1.73. The number of nitrogens with zero attached hydrogens (tertiary/aromatic N) is 1. The van der Waals surface area contributed by atoms with Crippen LogP contribution in [0.4, 0.5) is 0 Å². The second kappa shape index (κ2) is 5.18. The van der Waals surface area contributed by atoms with Gasteiger partial charge in [-0.3, -0.25) is 9.69 Å². The van der Waals surface area contributed by atoms with Crippen molar-refractivity contribution < 1.29 is 14.6 Å². The largest absolute Gasteiger partial charge is 0.480 e. The number of aliphatic carboxylic acids is 1. The molecule has 2 saturated heterocycles. The summed E-state index contributed by atoms with van der Waals surface area (Å²) in [6.45, 7) is 2.50. The number of hydrogen-bond donors (Lipinski definition) is 1. The zero-order chi connectivity index (χ0) is 10.7. The molecule has 0 amide bonds. The summed E-state index contributed by atoms with van der Waals surface area (Å²) in [6.07, 6.45) is 2.45. The first-order valence-electron chi connectivity index (χ1n) is 5.43. The summed E-state index contributed by atoms with van der Waals surface area (Å²) in [6, 6.07) is -0.312. The quantitative estimate of drug-likeness (QED) is 0.773. The molecule has 2 rings (SSSR count). The molecule has 4 nitrogen and oxygen atoms in total. The number of rotatable bonds is 3. The number of carboxylic acid groups (broad SMARTS) is 1. The minimum absolute atomic E-state index is 0.259. The van der Waals surface area contributed by atoms with Crippen molar-refractivity contribution in [1.29, 1.82) is 0 Å². The molecule has 2 unspecified atom stereocenters. The van der Waals surface area contributed by atoms with E-state index in [0.29, 0.717) is 5.75 Å². The number of carboxylic acids is 1. The van der Waals surface area contributed by atoms with Crippen LogP contribution >= 0.6 is 11.8 Å². The molecule has 2 aliphatic rings. The second-order valence-corrected chi connectivity index (χ2v) is 5.21. The van der Waals surface area contributed by atoms with Crippen LogP contribution in [0.3, 0.4) is 0 Å². The van der Waals surface area contributed by atoms with Gasteiger partial charge >= 0.3 is 5.97 Å². The highest BCUT2D eigenvalue weighted by atomic mass is 32.2. The van der Waals surface area contributed by atoms with Crippen LogP contribution in [0.25, 0.3) is 0 Å². The van der Waals surface area contributed by atoms with Crippen molar-refractivity contribution in [2.45, 2.75) is 25.0 Å². The van der Waals surface area contributed by atoms with Crippen molar-refractivity contribution in [2.75, 3.05) is 31.2 Å². The van der Waals surface area contributed by atoms with Gasteiger partial charge in [0.05, 0.1) is 6.10 Å². The normalized spacial score (nSPS) is 33.1. The highest BCUT2D eigenvalue weighted by Crippen LogP contribution is 2.20. The Morgan fingerprint density at radius 1 is 1.60 bits per heavy atom. The molecule has 0 aliphatic carbocycles. The van der Waals surface area contributed by atoms with E-state index in [1.165, 1.54) is 0 Å². The molecule has 15 heavy (non-hydrogen) atoms. The molecule has 0 bridgehead atoms. The third-order valence-corrected chi connectivity index (χ3v) is 4.01. The first-order valence-corrected chi connectivity index (χ1v) is 6.59. The van der Waals surface area contributed by atoms with Crippen LogP contribution in [0.15, 0.2) is 0 Å². The standard InChI is InChI=1S/C10H17NO3S/c12-10(13)9-7-15-5-3-11(9)6-8-2-1-4-14-8/h8-9H,1-7H2,(H,12,13). The number of ether oxygens (including phenoxy) is 1. The summed E-state index contributed by atoms with van der Waals surface area (Å²) in [4.78, 5) is 13.1. The van der Waals surface area contributed by atoms with Gasteiger partial charge in [-0.1, -0.05) is 0 Å². The van der Waals surface area contributed by atoms with E-state index in [0.717, 1.165) is 38.3 Å². The summed E-state index contributed by atoms with van der Waals surface area (Å²) in [7, 11) is 0. The molecular weight excluding hydrogens is 214 g/mol. The Bertz CT molecular complexity index is 231. The van der Waals surface area contributed by atoms with E-state index in [2.05, 4.69) is 4.90 Å². The van der Waals surface area contributed by atoms with Crippen LogP contribution in [0.5, 0.6) is 0 Å². The Kier molecular flexibility index (Phi) is 3.88. The fourth-order valence-corrected chi connectivity index (χ4v) is 3.24. The zero-order valence-corrected chi connectivity index (χ0v) is 9.54. The molecule has 0 aromatic carbocycles. The Morgan fingerprint density at radius 3 is 3.13 bits per heavy atom. The van der Waals surface area contributed by atoms with Gasteiger partial charge in [-0.15, -0.1) is 0 Å². The topological polar surface area (TPSA) is 49.8 Å². The molecular formula is C10H17NO3S. The Labute approximate surface area is 94.0 Å². The van der Waals surface area contributed by atoms with Crippen molar-refractivity contribution >= 4 is 17.7 Å². The van der Waals surface area contributed by atoms with E-state index in [-0.39, 0.29) is 12.1 Å².